The summed E-state index contributed by atoms with van der Waals surface area (Å²) in [5.41, 5.74) is 2.11. The molecule has 2 aromatic heterocycles. The molecule has 3 aromatic rings. The van der Waals surface area contributed by atoms with E-state index in [-0.39, 0.29) is 5.91 Å². The van der Waals surface area contributed by atoms with Crippen LogP contribution >= 0.6 is 11.6 Å². The van der Waals surface area contributed by atoms with Crippen molar-refractivity contribution >= 4 is 23.3 Å². The quantitative estimate of drug-likeness (QED) is 0.748. The average Bonchev–Trinajstić information content (AvgIpc) is 3.03. The molecular formula is C18H17ClN4O. The molecule has 0 saturated heterocycles. The van der Waals surface area contributed by atoms with Crippen LogP contribution in [0.15, 0.2) is 61.1 Å². The van der Waals surface area contributed by atoms with Crippen molar-refractivity contribution in [1.82, 2.24) is 14.8 Å². The fraction of sp³-hybridized carbons (Fsp3) is 0.167. The van der Waals surface area contributed by atoms with Gasteiger partial charge in [0.15, 0.2) is 5.82 Å². The molecule has 3 rings (SSSR count). The van der Waals surface area contributed by atoms with Crippen molar-refractivity contribution in [3.05, 3.63) is 77.2 Å². The summed E-state index contributed by atoms with van der Waals surface area (Å²) in [6.07, 6.45) is 6.57. The molecule has 1 aromatic carbocycles. The Kier molecular flexibility index (Phi) is 5.23. The lowest BCUT2D eigenvalue weighted by Gasteiger charge is -2.03. The molecule has 2 heterocycles. The van der Waals surface area contributed by atoms with Gasteiger partial charge in [-0.1, -0.05) is 23.7 Å². The van der Waals surface area contributed by atoms with Crippen molar-refractivity contribution in [2.45, 2.75) is 19.4 Å². The largest absolute Gasteiger partial charge is 0.309 e. The second-order valence-electron chi connectivity index (χ2n) is 5.42. The van der Waals surface area contributed by atoms with E-state index in [1.165, 1.54) is 5.56 Å². The number of rotatable bonds is 6. The second kappa shape index (κ2) is 7.75. The van der Waals surface area contributed by atoms with Gasteiger partial charge in [0.25, 0.3) is 0 Å². The smallest absolute Gasteiger partial charge is 0.229 e. The fourth-order valence-electron chi connectivity index (χ4n) is 2.32. The number of aryl methyl sites for hydroxylation is 2. The van der Waals surface area contributed by atoms with E-state index in [4.69, 9.17) is 11.6 Å². The van der Waals surface area contributed by atoms with Gasteiger partial charge in [0, 0.05) is 36.2 Å². The van der Waals surface area contributed by atoms with Crippen LogP contribution in [0, 0.1) is 0 Å². The van der Waals surface area contributed by atoms with Gasteiger partial charge in [-0.3, -0.25) is 14.5 Å². The Morgan fingerprint density at radius 3 is 2.54 bits per heavy atom. The van der Waals surface area contributed by atoms with Crippen molar-refractivity contribution in [2.24, 2.45) is 0 Å². The van der Waals surface area contributed by atoms with Crippen molar-refractivity contribution in [2.75, 3.05) is 5.32 Å². The third kappa shape index (κ3) is 4.67. The van der Waals surface area contributed by atoms with Crippen LogP contribution in [-0.4, -0.2) is 20.7 Å². The van der Waals surface area contributed by atoms with Crippen LogP contribution in [0.25, 0.3) is 0 Å². The first-order chi connectivity index (χ1) is 11.7. The van der Waals surface area contributed by atoms with E-state index >= 15 is 0 Å². The molecule has 0 bridgehead atoms. The summed E-state index contributed by atoms with van der Waals surface area (Å²) >= 11 is 5.84. The molecule has 6 heteroatoms. The third-order valence-corrected chi connectivity index (χ3v) is 3.82. The number of nitrogens with one attached hydrogen (secondary N) is 1. The lowest BCUT2D eigenvalue weighted by Crippen LogP contribution is -2.15. The van der Waals surface area contributed by atoms with Crippen molar-refractivity contribution < 1.29 is 4.79 Å². The van der Waals surface area contributed by atoms with Crippen molar-refractivity contribution in [1.29, 1.82) is 0 Å². The molecule has 0 aliphatic rings. The summed E-state index contributed by atoms with van der Waals surface area (Å²) in [5.74, 6) is 0.459. The predicted molar refractivity (Wildman–Crippen MR) is 94.0 cm³/mol. The second-order valence-corrected chi connectivity index (χ2v) is 5.86. The molecule has 0 spiro atoms. The third-order valence-electron chi connectivity index (χ3n) is 3.57. The Labute approximate surface area is 145 Å². The van der Waals surface area contributed by atoms with Gasteiger partial charge in [-0.2, -0.15) is 5.10 Å². The van der Waals surface area contributed by atoms with Crippen molar-refractivity contribution in [3.63, 3.8) is 0 Å². The Balaban J connectivity index is 1.51. The number of carbonyl (C=O) groups excluding carboxylic acids is 1. The normalized spacial score (nSPS) is 10.5. The highest BCUT2D eigenvalue weighted by molar-refractivity contribution is 6.30. The standard InChI is InChI=1S/C18H17ClN4O/c19-16-3-1-15(2-4-16)13-18(24)21-17-8-12-23(22-17)11-7-14-5-9-20-10-6-14/h1-6,8-10,12H,7,11,13H2,(H,21,22,24). The first kappa shape index (κ1) is 16.2. The zero-order chi connectivity index (χ0) is 16.8. The minimum absolute atomic E-state index is 0.100. The van der Waals surface area contributed by atoms with Crippen LogP contribution in [0.1, 0.15) is 11.1 Å². The summed E-state index contributed by atoms with van der Waals surface area (Å²) in [6, 6.07) is 13.0. The molecule has 0 saturated carbocycles. The van der Waals surface area contributed by atoms with E-state index < -0.39 is 0 Å². The number of benzene rings is 1. The molecule has 0 aliphatic heterocycles. The van der Waals surface area contributed by atoms with E-state index in [0.717, 1.165) is 18.5 Å². The molecule has 5 nitrogen and oxygen atoms in total. The number of hydrogen-bond donors (Lipinski definition) is 1. The molecule has 0 unspecified atom stereocenters. The summed E-state index contributed by atoms with van der Waals surface area (Å²) in [5, 5.41) is 7.84. The average molecular weight is 341 g/mol. The minimum Gasteiger partial charge on any atom is -0.309 e. The molecule has 24 heavy (non-hydrogen) atoms. The topological polar surface area (TPSA) is 59.8 Å². The Morgan fingerprint density at radius 1 is 1.04 bits per heavy atom. The minimum atomic E-state index is -0.100. The number of anilines is 1. The number of pyridine rings is 1. The summed E-state index contributed by atoms with van der Waals surface area (Å²) < 4.78 is 1.82. The fourth-order valence-corrected chi connectivity index (χ4v) is 2.45. The van der Waals surface area contributed by atoms with Crippen LogP contribution in [0.4, 0.5) is 5.82 Å². The Morgan fingerprint density at radius 2 is 1.79 bits per heavy atom. The first-order valence-corrected chi connectivity index (χ1v) is 8.03. The van der Waals surface area contributed by atoms with E-state index in [0.29, 0.717) is 17.3 Å². The summed E-state index contributed by atoms with van der Waals surface area (Å²) in [6.45, 7) is 0.747. The zero-order valence-electron chi connectivity index (χ0n) is 13.0. The molecule has 122 valence electrons. The van der Waals surface area contributed by atoms with Gasteiger partial charge < -0.3 is 5.32 Å². The molecule has 1 amide bonds. The van der Waals surface area contributed by atoms with Gasteiger partial charge in [0.05, 0.1) is 6.42 Å². The highest BCUT2D eigenvalue weighted by atomic mass is 35.5. The molecule has 0 aliphatic carbocycles. The number of nitrogens with zero attached hydrogens (tertiary/aromatic N) is 3. The number of halogens is 1. The Bertz CT molecular complexity index is 799. The van der Waals surface area contributed by atoms with E-state index in [9.17, 15) is 4.79 Å². The maximum absolute atomic E-state index is 12.1. The van der Waals surface area contributed by atoms with Gasteiger partial charge in [-0.05, 0) is 41.8 Å². The molecule has 0 radical (unpaired) electrons. The van der Waals surface area contributed by atoms with Gasteiger partial charge >= 0.3 is 0 Å². The predicted octanol–water partition coefficient (Wildman–Crippen LogP) is 3.36. The zero-order valence-corrected chi connectivity index (χ0v) is 13.8. The first-order valence-electron chi connectivity index (χ1n) is 7.66. The highest BCUT2D eigenvalue weighted by Crippen LogP contribution is 2.11. The molecule has 1 N–H and O–H groups in total. The van der Waals surface area contributed by atoms with Crippen molar-refractivity contribution in [3.8, 4) is 0 Å². The van der Waals surface area contributed by atoms with Gasteiger partial charge in [0.1, 0.15) is 0 Å². The SMILES string of the molecule is O=C(Cc1ccc(Cl)cc1)Nc1ccn(CCc2ccncc2)n1. The number of hydrogen-bond acceptors (Lipinski definition) is 3. The maximum atomic E-state index is 12.1. The molecular weight excluding hydrogens is 324 g/mol. The highest BCUT2D eigenvalue weighted by Gasteiger charge is 2.06. The van der Waals surface area contributed by atoms with E-state index in [1.807, 2.05) is 35.1 Å². The number of carbonyl (C=O) groups is 1. The number of amides is 1. The lowest BCUT2D eigenvalue weighted by atomic mass is 10.1. The van der Waals surface area contributed by atoms with Crippen LogP contribution in [0.2, 0.25) is 5.02 Å². The van der Waals surface area contributed by atoms with Gasteiger partial charge in [0.2, 0.25) is 5.91 Å². The van der Waals surface area contributed by atoms with Gasteiger partial charge in [-0.15, -0.1) is 0 Å². The van der Waals surface area contributed by atoms with Crippen LogP contribution in [0.5, 0.6) is 0 Å². The Hall–Kier alpha value is -2.66. The van der Waals surface area contributed by atoms with Crippen LogP contribution in [-0.2, 0) is 24.2 Å². The maximum Gasteiger partial charge on any atom is 0.229 e. The van der Waals surface area contributed by atoms with Gasteiger partial charge in [-0.25, -0.2) is 0 Å². The monoisotopic (exact) mass is 340 g/mol. The lowest BCUT2D eigenvalue weighted by molar-refractivity contribution is -0.115. The van der Waals surface area contributed by atoms with E-state index in [1.54, 1.807) is 30.6 Å². The van der Waals surface area contributed by atoms with E-state index in [2.05, 4.69) is 15.4 Å². The number of aromatic nitrogens is 3. The molecule has 0 atom stereocenters. The van der Waals surface area contributed by atoms with Crippen LogP contribution in [0.3, 0.4) is 0 Å². The molecule has 0 fully saturated rings. The summed E-state index contributed by atoms with van der Waals surface area (Å²) in [7, 11) is 0. The van der Waals surface area contributed by atoms with Crippen LogP contribution < -0.4 is 5.32 Å². The summed E-state index contributed by atoms with van der Waals surface area (Å²) in [4.78, 5) is 16.1.